The summed E-state index contributed by atoms with van der Waals surface area (Å²) in [6.07, 6.45) is 11.3. The molecule has 2 bridgehead atoms. The van der Waals surface area contributed by atoms with Gasteiger partial charge >= 0.3 is 0 Å². The molecular weight excluding hydrogens is 364 g/mol. The predicted octanol–water partition coefficient (Wildman–Crippen LogP) is 7.08. The maximum Gasteiger partial charge on any atom is 0.00672 e. The molecule has 30 heavy (non-hydrogen) atoms. The van der Waals surface area contributed by atoms with Crippen LogP contribution in [0.5, 0.6) is 0 Å². The highest BCUT2D eigenvalue weighted by Crippen LogP contribution is 2.63. The Kier molecular flexibility index (Phi) is 8.75. The van der Waals surface area contributed by atoms with Gasteiger partial charge in [0.15, 0.2) is 0 Å². The van der Waals surface area contributed by atoms with Gasteiger partial charge in [-0.15, -0.1) is 0 Å². The van der Waals surface area contributed by atoms with Gasteiger partial charge in [-0.25, -0.2) is 0 Å². The van der Waals surface area contributed by atoms with Crippen LogP contribution in [0.15, 0.2) is 0 Å². The molecule has 176 valence electrons. The van der Waals surface area contributed by atoms with E-state index in [1.54, 1.807) is 19.3 Å². The summed E-state index contributed by atoms with van der Waals surface area (Å²) in [5.41, 5.74) is 0. The van der Waals surface area contributed by atoms with E-state index in [-0.39, 0.29) is 0 Å². The van der Waals surface area contributed by atoms with Crippen molar-refractivity contribution in [1.82, 2.24) is 9.80 Å². The van der Waals surface area contributed by atoms with Crippen LogP contribution in [0.3, 0.4) is 0 Å². The van der Waals surface area contributed by atoms with E-state index in [4.69, 9.17) is 0 Å². The lowest BCUT2D eigenvalue weighted by Crippen LogP contribution is -2.47. The molecule has 3 aliphatic carbocycles. The molecule has 3 rings (SSSR count). The van der Waals surface area contributed by atoms with Crippen LogP contribution in [0.2, 0.25) is 0 Å². The first-order chi connectivity index (χ1) is 14.4. The summed E-state index contributed by atoms with van der Waals surface area (Å²) in [6.45, 7) is 22.1. The zero-order valence-corrected chi connectivity index (χ0v) is 21.7. The van der Waals surface area contributed by atoms with Crippen molar-refractivity contribution in [2.45, 2.75) is 131 Å². The maximum atomic E-state index is 2.89. The Morgan fingerprint density at radius 3 is 1.53 bits per heavy atom. The molecule has 3 saturated carbocycles. The third kappa shape index (κ3) is 4.80. The van der Waals surface area contributed by atoms with Crippen molar-refractivity contribution < 1.29 is 0 Å². The maximum absolute atomic E-state index is 2.89. The van der Waals surface area contributed by atoms with Crippen LogP contribution < -0.4 is 0 Å². The van der Waals surface area contributed by atoms with Crippen LogP contribution in [0.1, 0.15) is 107 Å². The summed E-state index contributed by atoms with van der Waals surface area (Å²) in [6, 6.07) is 2.94. The Hall–Kier alpha value is -0.0800. The topological polar surface area (TPSA) is 6.48 Å². The second-order valence-corrected chi connectivity index (χ2v) is 11.7. The number of nitrogens with zero attached hydrogens (tertiary/aromatic N) is 2. The van der Waals surface area contributed by atoms with Crippen LogP contribution in [-0.4, -0.2) is 47.1 Å². The Labute approximate surface area is 189 Å². The Bertz CT molecular complexity index is 499. The first kappa shape index (κ1) is 24.6. The number of hydrogen-bond acceptors (Lipinski definition) is 2. The molecule has 0 radical (unpaired) electrons. The third-order valence-electron chi connectivity index (χ3n) is 10.3. The highest BCUT2D eigenvalue weighted by Gasteiger charge is 2.57. The molecule has 3 fully saturated rings. The molecule has 3 aliphatic rings. The molecule has 0 heterocycles. The highest BCUT2D eigenvalue weighted by atomic mass is 15.2. The fourth-order valence-corrected chi connectivity index (χ4v) is 7.87. The first-order valence-electron chi connectivity index (χ1n) is 13.9. The molecule has 0 aromatic rings. The Balaban J connectivity index is 1.70. The van der Waals surface area contributed by atoms with Gasteiger partial charge < -0.3 is 0 Å². The summed E-state index contributed by atoms with van der Waals surface area (Å²) in [5.74, 6) is 6.15. The molecule has 0 N–H and O–H groups in total. The van der Waals surface area contributed by atoms with E-state index in [0.29, 0.717) is 0 Å². The lowest BCUT2D eigenvalue weighted by molar-refractivity contribution is 0.0522. The summed E-state index contributed by atoms with van der Waals surface area (Å²) < 4.78 is 0. The van der Waals surface area contributed by atoms with Crippen LogP contribution >= 0.6 is 0 Å². The van der Waals surface area contributed by atoms with E-state index in [1.807, 2.05) is 0 Å². The number of rotatable bonds is 12. The Morgan fingerprint density at radius 1 is 0.600 bits per heavy atom. The quantitative estimate of drug-likeness (QED) is 0.334. The van der Waals surface area contributed by atoms with Gasteiger partial charge in [0.1, 0.15) is 0 Å². The van der Waals surface area contributed by atoms with E-state index in [2.05, 4.69) is 65.2 Å². The van der Waals surface area contributed by atoms with Crippen LogP contribution in [-0.2, 0) is 0 Å². The highest BCUT2D eigenvalue weighted by molar-refractivity contribution is 5.07. The normalized spacial score (nSPS) is 37.0. The zero-order chi connectivity index (χ0) is 22.0. The standard InChI is InChI=1S/C28H54N2/c1-9-19(5)29(20(6)10-2)17-23-13-14-26-24-15-25(27(16-24)28(23)26)18-30(21(7)11-3)22(8)12-4/h19-28H,9-18H2,1-8H3. The van der Waals surface area contributed by atoms with Gasteiger partial charge in [-0.2, -0.15) is 0 Å². The van der Waals surface area contributed by atoms with Gasteiger partial charge in [-0.1, -0.05) is 27.7 Å². The van der Waals surface area contributed by atoms with Crippen molar-refractivity contribution >= 4 is 0 Å². The van der Waals surface area contributed by atoms with Gasteiger partial charge in [0.05, 0.1) is 0 Å². The van der Waals surface area contributed by atoms with Gasteiger partial charge in [-0.3, -0.25) is 9.80 Å². The average molecular weight is 419 g/mol. The summed E-state index contributed by atoms with van der Waals surface area (Å²) in [4.78, 5) is 5.77. The van der Waals surface area contributed by atoms with Crippen molar-refractivity contribution in [3.05, 3.63) is 0 Å². The second-order valence-electron chi connectivity index (χ2n) is 11.7. The minimum Gasteiger partial charge on any atom is -0.298 e. The fourth-order valence-electron chi connectivity index (χ4n) is 7.87. The van der Waals surface area contributed by atoms with E-state index in [9.17, 15) is 0 Å². The molecule has 10 atom stereocenters. The molecule has 10 unspecified atom stereocenters. The zero-order valence-electron chi connectivity index (χ0n) is 21.7. The molecule has 2 heteroatoms. The molecule has 0 saturated heterocycles. The molecule has 0 aromatic carbocycles. The van der Waals surface area contributed by atoms with E-state index < -0.39 is 0 Å². The summed E-state index contributed by atoms with van der Waals surface area (Å²) in [5, 5.41) is 0. The minimum atomic E-state index is 0.736. The smallest absolute Gasteiger partial charge is 0.00672 e. The first-order valence-corrected chi connectivity index (χ1v) is 13.9. The average Bonchev–Trinajstić information content (AvgIpc) is 3.46. The second kappa shape index (κ2) is 10.7. The summed E-state index contributed by atoms with van der Waals surface area (Å²) in [7, 11) is 0. The number of fused-ring (bicyclic) bond motifs is 5. The Morgan fingerprint density at radius 2 is 1.07 bits per heavy atom. The lowest BCUT2D eigenvalue weighted by atomic mass is 9.72. The molecule has 0 spiro atoms. The molecule has 0 aromatic heterocycles. The van der Waals surface area contributed by atoms with Crippen LogP contribution in [0, 0.1) is 35.5 Å². The van der Waals surface area contributed by atoms with Crippen molar-refractivity contribution in [1.29, 1.82) is 0 Å². The van der Waals surface area contributed by atoms with Gasteiger partial charge in [-0.05, 0) is 115 Å². The van der Waals surface area contributed by atoms with Gasteiger partial charge in [0.2, 0.25) is 0 Å². The molecule has 0 amide bonds. The van der Waals surface area contributed by atoms with Crippen molar-refractivity contribution in [2.75, 3.05) is 13.1 Å². The van der Waals surface area contributed by atoms with Crippen LogP contribution in [0.25, 0.3) is 0 Å². The minimum absolute atomic E-state index is 0.736. The van der Waals surface area contributed by atoms with Crippen LogP contribution in [0.4, 0.5) is 0 Å². The van der Waals surface area contributed by atoms with Crippen molar-refractivity contribution in [2.24, 2.45) is 35.5 Å². The SMILES string of the molecule is CCC(C)N(CC1CC2CC1C1C(CN(C(C)CC)C(C)CC)CCC21)C(C)CC. The number of hydrogen-bond donors (Lipinski definition) is 0. The largest absolute Gasteiger partial charge is 0.298 e. The fraction of sp³-hybridized carbons (Fsp3) is 1.00. The van der Waals surface area contributed by atoms with Gasteiger partial charge in [0.25, 0.3) is 0 Å². The van der Waals surface area contributed by atoms with Gasteiger partial charge in [0, 0.05) is 37.3 Å². The van der Waals surface area contributed by atoms with E-state index in [0.717, 1.165) is 59.7 Å². The molecule has 2 nitrogen and oxygen atoms in total. The van der Waals surface area contributed by atoms with E-state index in [1.165, 1.54) is 45.2 Å². The van der Waals surface area contributed by atoms with Crippen molar-refractivity contribution in [3.63, 3.8) is 0 Å². The third-order valence-corrected chi connectivity index (χ3v) is 10.3. The molecular formula is C28H54N2. The molecule has 0 aliphatic heterocycles. The van der Waals surface area contributed by atoms with Crippen molar-refractivity contribution in [3.8, 4) is 0 Å². The monoisotopic (exact) mass is 418 g/mol. The summed E-state index contributed by atoms with van der Waals surface area (Å²) >= 11 is 0. The lowest BCUT2D eigenvalue weighted by Gasteiger charge is -2.43. The van der Waals surface area contributed by atoms with E-state index >= 15 is 0 Å². The predicted molar refractivity (Wildman–Crippen MR) is 132 cm³/mol.